The van der Waals surface area contributed by atoms with Crippen LogP contribution in [0.25, 0.3) is 21.3 Å². The summed E-state index contributed by atoms with van der Waals surface area (Å²) in [6.45, 7) is 3.75. The van der Waals surface area contributed by atoms with Gasteiger partial charge in [-0.2, -0.15) is 0 Å². The van der Waals surface area contributed by atoms with Crippen LogP contribution >= 0.6 is 11.3 Å². The summed E-state index contributed by atoms with van der Waals surface area (Å²) < 4.78 is 8.95. The van der Waals surface area contributed by atoms with Gasteiger partial charge in [-0.3, -0.25) is 4.98 Å². The summed E-state index contributed by atoms with van der Waals surface area (Å²) in [6.07, 6.45) is 1.88. The second kappa shape index (κ2) is 4.51. The van der Waals surface area contributed by atoms with Crippen LogP contribution in [0, 0.1) is 0 Å². The summed E-state index contributed by atoms with van der Waals surface area (Å²) in [5.41, 5.74) is 3.23. The van der Waals surface area contributed by atoms with Crippen molar-refractivity contribution in [2.75, 3.05) is 20.3 Å². The van der Waals surface area contributed by atoms with E-state index in [0.29, 0.717) is 6.61 Å². The molecule has 1 aliphatic rings. The first kappa shape index (κ1) is 12.3. The number of nitrogens with one attached hydrogen (secondary N) is 1. The van der Waals surface area contributed by atoms with E-state index in [1.54, 1.807) is 18.4 Å². The maximum absolute atomic E-state index is 5.38. The molecule has 0 spiro atoms. The van der Waals surface area contributed by atoms with Gasteiger partial charge in [0.25, 0.3) is 0 Å². The van der Waals surface area contributed by atoms with Crippen molar-refractivity contribution in [1.82, 2.24) is 19.9 Å². The van der Waals surface area contributed by atoms with Crippen LogP contribution in [0.1, 0.15) is 24.8 Å². The first-order chi connectivity index (χ1) is 9.79. The number of thiophene rings is 1. The van der Waals surface area contributed by atoms with Crippen molar-refractivity contribution in [2.45, 2.75) is 19.0 Å². The Kier molecular flexibility index (Phi) is 2.76. The Morgan fingerprint density at radius 2 is 2.40 bits per heavy atom. The van der Waals surface area contributed by atoms with Gasteiger partial charge < -0.3 is 14.6 Å². The van der Waals surface area contributed by atoms with E-state index in [1.807, 2.05) is 6.20 Å². The van der Waals surface area contributed by atoms with Gasteiger partial charge in [0.15, 0.2) is 0 Å². The van der Waals surface area contributed by atoms with Gasteiger partial charge in [0.1, 0.15) is 11.3 Å². The molecule has 104 valence electrons. The molecule has 20 heavy (non-hydrogen) atoms. The maximum Gasteiger partial charge on any atom is 0.127 e. The number of pyridine rings is 1. The zero-order chi connectivity index (χ0) is 13.7. The molecule has 0 saturated heterocycles. The minimum absolute atomic E-state index is 0.255. The normalized spacial score (nSPS) is 22.5. The minimum atomic E-state index is 0.255. The van der Waals surface area contributed by atoms with Gasteiger partial charge in [-0.25, -0.2) is 4.98 Å². The molecule has 1 aliphatic heterocycles. The highest BCUT2D eigenvalue weighted by molar-refractivity contribution is 7.18. The largest absolute Gasteiger partial charge is 0.382 e. The Labute approximate surface area is 120 Å². The zero-order valence-corrected chi connectivity index (χ0v) is 12.3. The lowest BCUT2D eigenvalue weighted by Crippen LogP contribution is -2.38. The van der Waals surface area contributed by atoms with Gasteiger partial charge >= 0.3 is 0 Å². The second-order valence-electron chi connectivity index (χ2n) is 5.21. The number of nitrogens with zero attached hydrogens (tertiary/aromatic N) is 3. The highest BCUT2D eigenvalue weighted by Crippen LogP contribution is 2.34. The van der Waals surface area contributed by atoms with Crippen molar-refractivity contribution in [3.8, 4) is 0 Å². The van der Waals surface area contributed by atoms with Crippen molar-refractivity contribution in [3.05, 3.63) is 23.5 Å². The van der Waals surface area contributed by atoms with Gasteiger partial charge in [0, 0.05) is 13.7 Å². The molecule has 0 amide bonds. The Morgan fingerprint density at radius 3 is 3.25 bits per heavy atom. The van der Waals surface area contributed by atoms with Crippen molar-refractivity contribution >= 4 is 32.6 Å². The van der Waals surface area contributed by atoms with E-state index >= 15 is 0 Å². The molecule has 0 saturated carbocycles. The standard InChI is InChI=1S/C14H16N4OS/c1-8-14-17-11-6-16-10-3-4-20-13(10)12(11)18(14)9(5-15-8)7-19-2/h3-4,6,8-9,15H,5,7H2,1-2H3. The number of aromatic nitrogens is 3. The predicted octanol–water partition coefficient (Wildman–Crippen LogP) is 2.50. The molecular formula is C14H16N4OS. The summed E-state index contributed by atoms with van der Waals surface area (Å²) in [6, 6.07) is 2.60. The third kappa shape index (κ3) is 1.62. The Bertz CT molecular complexity index is 778. The predicted molar refractivity (Wildman–Crippen MR) is 80.2 cm³/mol. The molecule has 0 aromatic carbocycles. The maximum atomic E-state index is 5.38. The molecule has 3 aromatic heterocycles. The summed E-state index contributed by atoms with van der Waals surface area (Å²) in [5.74, 6) is 1.08. The van der Waals surface area contributed by atoms with E-state index in [4.69, 9.17) is 9.72 Å². The van der Waals surface area contributed by atoms with E-state index in [9.17, 15) is 0 Å². The van der Waals surface area contributed by atoms with Crippen molar-refractivity contribution in [1.29, 1.82) is 0 Å². The lowest BCUT2D eigenvalue weighted by molar-refractivity contribution is 0.144. The third-order valence-corrected chi connectivity index (χ3v) is 4.83. The Morgan fingerprint density at radius 1 is 1.50 bits per heavy atom. The highest BCUT2D eigenvalue weighted by Gasteiger charge is 2.28. The first-order valence-electron chi connectivity index (χ1n) is 6.76. The van der Waals surface area contributed by atoms with Gasteiger partial charge in [-0.15, -0.1) is 11.3 Å². The molecule has 3 aromatic rings. The fourth-order valence-electron chi connectivity index (χ4n) is 2.99. The van der Waals surface area contributed by atoms with Crippen LogP contribution in [-0.2, 0) is 4.74 Å². The molecule has 2 unspecified atom stereocenters. The average molecular weight is 288 g/mol. The number of hydrogen-bond acceptors (Lipinski definition) is 5. The van der Waals surface area contributed by atoms with E-state index in [-0.39, 0.29) is 12.1 Å². The van der Waals surface area contributed by atoms with E-state index < -0.39 is 0 Å². The molecule has 0 fully saturated rings. The van der Waals surface area contributed by atoms with Gasteiger partial charge in [-0.05, 0) is 18.4 Å². The highest BCUT2D eigenvalue weighted by atomic mass is 32.1. The van der Waals surface area contributed by atoms with Gasteiger partial charge in [-0.1, -0.05) is 0 Å². The molecule has 6 heteroatoms. The summed E-state index contributed by atoms with van der Waals surface area (Å²) in [7, 11) is 1.75. The van der Waals surface area contributed by atoms with Gasteiger partial charge in [0.2, 0.25) is 0 Å². The summed E-state index contributed by atoms with van der Waals surface area (Å²) in [5, 5.41) is 5.59. The van der Waals surface area contributed by atoms with Crippen molar-refractivity contribution < 1.29 is 4.74 Å². The quantitative estimate of drug-likeness (QED) is 0.787. The minimum Gasteiger partial charge on any atom is -0.382 e. The topological polar surface area (TPSA) is 52.0 Å². The number of methoxy groups -OCH3 is 1. The van der Waals surface area contributed by atoms with Crippen LogP contribution in [0.4, 0.5) is 0 Å². The van der Waals surface area contributed by atoms with Crippen molar-refractivity contribution in [2.24, 2.45) is 0 Å². The molecule has 4 heterocycles. The molecule has 2 atom stereocenters. The fourth-order valence-corrected chi connectivity index (χ4v) is 3.88. The zero-order valence-electron chi connectivity index (χ0n) is 11.5. The number of imidazole rings is 1. The third-order valence-electron chi connectivity index (χ3n) is 3.92. The van der Waals surface area contributed by atoms with Crippen LogP contribution in [0.2, 0.25) is 0 Å². The van der Waals surface area contributed by atoms with Crippen LogP contribution in [-0.4, -0.2) is 34.8 Å². The van der Waals surface area contributed by atoms with Crippen LogP contribution in [0.5, 0.6) is 0 Å². The van der Waals surface area contributed by atoms with Crippen LogP contribution < -0.4 is 5.32 Å². The van der Waals surface area contributed by atoms with Gasteiger partial charge in [0.05, 0.1) is 40.6 Å². The van der Waals surface area contributed by atoms with Crippen LogP contribution in [0.3, 0.4) is 0 Å². The number of ether oxygens (including phenoxy) is 1. The molecule has 5 nitrogen and oxygen atoms in total. The monoisotopic (exact) mass is 288 g/mol. The molecule has 4 rings (SSSR count). The lowest BCUT2D eigenvalue weighted by Gasteiger charge is -2.30. The number of hydrogen-bond donors (Lipinski definition) is 1. The smallest absolute Gasteiger partial charge is 0.127 e. The molecular weight excluding hydrogens is 272 g/mol. The average Bonchev–Trinajstić information content (AvgIpc) is 3.05. The molecule has 0 radical (unpaired) electrons. The molecule has 1 N–H and O–H groups in total. The SMILES string of the molecule is COCC1CNC(C)c2nc3cnc4ccsc4c3n21. The Hall–Kier alpha value is -1.50. The lowest BCUT2D eigenvalue weighted by atomic mass is 10.1. The van der Waals surface area contributed by atoms with E-state index in [0.717, 1.165) is 23.4 Å². The fraction of sp³-hybridized carbons (Fsp3) is 0.429. The van der Waals surface area contributed by atoms with E-state index in [2.05, 4.69) is 33.2 Å². The van der Waals surface area contributed by atoms with E-state index in [1.165, 1.54) is 10.2 Å². The summed E-state index contributed by atoms with van der Waals surface area (Å²) in [4.78, 5) is 9.28. The number of fused-ring (bicyclic) bond motifs is 5. The number of rotatable bonds is 2. The first-order valence-corrected chi connectivity index (χ1v) is 7.64. The summed E-state index contributed by atoms with van der Waals surface area (Å²) >= 11 is 1.73. The second-order valence-corrected chi connectivity index (χ2v) is 6.12. The Balaban J connectivity index is 2.07. The van der Waals surface area contributed by atoms with Crippen LogP contribution in [0.15, 0.2) is 17.6 Å². The molecule has 0 bridgehead atoms. The molecule has 0 aliphatic carbocycles. The van der Waals surface area contributed by atoms with Crippen molar-refractivity contribution in [3.63, 3.8) is 0 Å².